The Balaban J connectivity index is 2.14. The number of aliphatic carboxylic acids is 1. The van der Waals surface area contributed by atoms with E-state index in [1.54, 1.807) is 6.08 Å². The fourth-order valence-corrected chi connectivity index (χ4v) is 4.89. The Morgan fingerprint density at radius 3 is 2.68 bits per heavy atom. The number of carboxylic acid groups (broad SMARTS) is 1. The average Bonchev–Trinajstić information content (AvgIpc) is 2.97. The number of hydrogen-bond donors (Lipinski definition) is 1. The van der Waals surface area contributed by atoms with Crippen molar-refractivity contribution < 1.29 is 24.2 Å². The molecule has 1 heterocycles. The quantitative estimate of drug-likeness (QED) is 0.194. The van der Waals surface area contributed by atoms with Crippen molar-refractivity contribution in [2.24, 2.45) is 0 Å². The van der Waals surface area contributed by atoms with Gasteiger partial charge in [-0.1, -0.05) is 50.2 Å². The van der Waals surface area contributed by atoms with Gasteiger partial charge in [-0.15, -0.1) is 0 Å². The minimum absolute atomic E-state index is 0.000672. The van der Waals surface area contributed by atoms with Gasteiger partial charge in [0.1, 0.15) is 4.32 Å². The lowest BCUT2D eigenvalue weighted by Gasteiger charge is -2.15. The number of carbonyl (C=O) groups excluding carboxylic acids is 1. The van der Waals surface area contributed by atoms with Gasteiger partial charge >= 0.3 is 5.97 Å². The van der Waals surface area contributed by atoms with E-state index in [2.05, 4.69) is 22.9 Å². The van der Waals surface area contributed by atoms with Crippen LogP contribution < -0.4 is 9.47 Å². The van der Waals surface area contributed by atoms with Gasteiger partial charge in [-0.05, 0) is 59.5 Å². The zero-order chi connectivity index (χ0) is 22.8. The highest BCUT2D eigenvalue weighted by Gasteiger charge is 2.31. The standard InChI is InChI=1S/C22H28BrNO5S2/c1-3-5-6-7-11-29-20-16(23)12-15(13-17(20)28-4-2)14-18-21(27)24(22(30)31-18)10-8-9-19(25)26/h12-14H,3-11H2,1-2H3,(H,25,26)/b18-14-. The molecule has 1 aliphatic rings. The van der Waals surface area contributed by atoms with Crippen molar-refractivity contribution in [2.75, 3.05) is 19.8 Å². The smallest absolute Gasteiger partial charge is 0.303 e. The number of ether oxygens (including phenoxy) is 2. The van der Waals surface area contributed by atoms with Gasteiger partial charge in [0.05, 0.1) is 22.6 Å². The van der Waals surface area contributed by atoms with Crippen LogP contribution in [0.5, 0.6) is 11.5 Å². The SMILES string of the molecule is CCCCCCOc1c(Br)cc(/C=C2\SC(=S)N(CCCC(=O)O)C2=O)cc1OCC. The molecule has 9 heteroatoms. The third-order valence-electron chi connectivity index (χ3n) is 4.52. The zero-order valence-corrected chi connectivity index (χ0v) is 21.0. The molecule has 1 saturated heterocycles. The molecule has 1 fully saturated rings. The van der Waals surface area contributed by atoms with Crippen LogP contribution in [0.1, 0.15) is 57.9 Å². The molecule has 0 aromatic heterocycles. The summed E-state index contributed by atoms with van der Waals surface area (Å²) < 4.78 is 13.0. The number of rotatable bonds is 13. The predicted molar refractivity (Wildman–Crippen MR) is 132 cm³/mol. The Kier molecular flexibility index (Phi) is 10.8. The molecule has 31 heavy (non-hydrogen) atoms. The number of benzene rings is 1. The molecular weight excluding hydrogens is 502 g/mol. The van der Waals surface area contributed by atoms with Crippen LogP contribution in [0.2, 0.25) is 0 Å². The molecular formula is C22H28BrNO5S2. The number of thioether (sulfide) groups is 1. The summed E-state index contributed by atoms with van der Waals surface area (Å²) in [6.45, 7) is 5.49. The van der Waals surface area contributed by atoms with Crippen LogP contribution in [-0.2, 0) is 9.59 Å². The van der Waals surface area contributed by atoms with E-state index in [-0.39, 0.29) is 12.3 Å². The highest BCUT2D eigenvalue weighted by molar-refractivity contribution is 9.10. The minimum Gasteiger partial charge on any atom is -0.490 e. The second-order valence-corrected chi connectivity index (χ2v) is 9.53. The maximum Gasteiger partial charge on any atom is 0.303 e. The van der Waals surface area contributed by atoms with E-state index in [0.29, 0.717) is 46.9 Å². The van der Waals surface area contributed by atoms with Crippen molar-refractivity contribution in [3.63, 3.8) is 0 Å². The summed E-state index contributed by atoms with van der Waals surface area (Å²) in [7, 11) is 0. The first-order valence-corrected chi connectivity index (χ1v) is 12.4. The summed E-state index contributed by atoms with van der Waals surface area (Å²) in [6, 6.07) is 3.74. The van der Waals surface area contributed by atoms with Gasteiger partial charge in [0, 0.05) is 13.0 Å². The first kappa shape index (κ1) is 25.7. The number of carboxylic acids is 1. The third-order valence-corrected chi connectivity index (χ3v) is 6.49. The summed E-state index contributed by atoms with van der Waals surface area (Å²) in [5.74, 6) is 0.194. The van der Waals surface area contributed by atoms with E-state index in [4.69, 9.17) is 26.8 Å². The normalized spacial score (nSPS) is 15.1. The Labute approximate surface area is 201 Å². The second kappa shape index (κ2) is 13.1. The number of hydrogen-bond acceptors (Lipinski definition) is 6. The number of carbonyl (C=O) groups is 2. The van der Waals surface area contributed by atoms with Crippen LogP contribution in [0, 0.1) is 0 Å². The van der Waals surface area contributed by atoms with Crippen molar-refractivity contribution in [3.8, 4) is 11.5 Å². The highest BCUT2D eigenvalue weighted by Crippen LogP contribution is 2.39. The largest absolute Gasteiger partial charge is 0.490 e. The second-order valence-electron chi connectivity index (χ2n) is 7.00. The van der Waals surface area contributed by atoms with Gasteiger partial charge in [-0.25, -0.2) is 0 Å². The van der Waals surface area contributed by atoms with Crippen molar-refractivity contribution in [1.29, 1.82) is 0 Å². The van der Waals surface area contributed by atoms with Crippen LogP contribution in [0.25, 0.3) is 6.08 Å². The molecule has 1 amide bonds. The first-order valence-electron chi connectivity index (χ1n) is 10.4. The molecule has 1 aliphatic heterocycles. The number of halogens is 1. The number of unbranched alkanes of at least 4 members (excludes halogenated alkanes) is 3. The molecule has 0 bridgehead atoms. The maximum absolute atomic E-state index is 12.7. The Morgan fingerprint density at radius 2 is 2.00 bits per heavy atom. The number of nitrogens with zero attached hydrogens (tertiary/aromatic N) is 1. The molecule has 0 saturated carbocycles. The lowest BCUT2D eigenvalue weighted by molar-refractivity contribution is -0.137. The fourth-order valence-electron chi connectivity index (χ4n) is 3.01. The maximum atomic E-state index is 12.7. The molecule has 170 valence electrons. The number of thiocarbonyl (C=S) groups is 1. The highest BCUT2D eigenvalue weighted by atomic mass is 79.9. The van der Waals surface area contributed by atoms with Crippen LogP contribution in [0.3, 0.4) is 0 Å². The van der Waals surface area contributed by atoms with E-state index in [9.17, 15) is 9.59 Å². The Bertz CT molecular complexity index is 843. The van der Waals surface area contributed by atoms with Crippen LogP contribution in [0.15, 0.2) is 21.5 Å². The molecule has 0 spiro atoms. The van der Waals surface area contributed by atoms with Crippen molar-refractivity contribution in [3.05, 3.63) is 27.1 Å². The lowest BCUT2D eigenvalue weighted by atomic mass is 10.1. The third kappa shape index (κ3) is 7.80. The molecule has 0 unspecified atom stereocenters. The van der Waals surface area contributed by atoms with Crippen LogP contribution in [-0.4, -0.2) is 46.0 Å². The van der Waals surface area contributed by atoms with Gasteiger partial charge in [0.15, 0.2) is 11.5 Å². The van der Waals surface area contributed by atoms with Gasteiger partial charge in [-0.3, -0.25) is 14.5 Å². The van der Waals surface area contributed by atoms with Gasteiger partial charge < -0.3 is 14.6 Å². The predicted octanol–water partition coefficient (Wildman–Crippen LogP) is 5.87. The molecule has 0 radical (unpaired) electrons. The summed E-state index contributed by atoms with van der Waals surface area (Å²) in [5, 5.41) is 8.80. The molecule has 2 rings (SSSR count). The van der Waals surface area contributed by atoms with E-state index in [1.807, 2.05) is 19.1 Å². The zero-order valence-electron chi connectivity index (χ0n) is 17.8. The topological polar surface area (TPSA) is 76.1 Å². The van der Waals surface area contributed by atoms with E-state index in [1.165, 1.54) is 29.5 Å². The number of amides is 1. The summed E-state index contributed by atoms with van der Waals surface area (Å²) in [6.07, 6.45) is 6.61. The van der Waals surface area contributed by atoms with Crippen molar-refractivity contribution >= 4 is 62.2 Å². The first-order chi connectivity index (χ1) is 14.9. The Morgan fingerprint density at radius 1 is 1.23 bits per heavy atom. The monoisotopic (exact) mass is 529 g/mol. The van der Waals surface area contributed by atoms with Gasteiger partial charge in [0.2, 0.25) is 0 Å². The van der Waals surface area contributed by atoms with E-state index in [0.717, 1.165) is 22.9 Å². The summed E-state index contributed by atoms with van der Waals surface area (Å²) in [5.41, 5.74) is 0.791. The molecule has 0 aliphatic carbocycles. The summed E-state index contributed by atoms with van der Waals surface area (Å²) in [4.78, 5) is 25.4. The molecule has 0 atom stereocenters. The molecule has 1 aromatic carbocycles. The summed E-state index contributed by atoms with van der Waals surface area (Å²) >= 11 is 10.1. The molecule has 1 aromatic rings. The van der Waals surface area contributed by atoms with E-state index < -0.39 is 5.97 Å². The van der Waals surface area contributed by atoms with Gasteiger partial charge in [0.25, 0.3) is 5.91 Å². The fraction of sp³-hybridized carbons (Fsp3) is 0.500. The van der Waals surface area contributed by atoms with Crippen LogP contribution >= 0.6 is 39.9 Å². The lowest BCUT2D eigenvalue weighted by Crippen LogP contribution is -2.29. The van der Waals surface area contributed by atoms with Crippen LogP contribution in [0.4, 0.5) is 0 Å². The van der Waals surface area contributed by atoms with Crippen molar-refractivity contribution in [1.82, 2.24) is 4.90 Å². The minimum atomic E-state index is -0.887. The van der Waals surface area contributed by atoms with Gasteiger partial charge in [-0.2, -0.15) is 0 Å². The van der Waals surface area contributed by atoms with Crippen molar-refractivity contribution in [2.45, 2.75) is 52.4 Å². The molecule has 6 nitrogen and oxygen atoms in total. The molecule has 1 N–H and O–H groups in total. The van der Waals surface area contributed by atoms with E-state index >= 15 is 0 Å². The average molecular weight is 531 g/mol. The Hall–Kier alpha value is -1.58.